The van der Waals surface area contributed by atoms with Gasteiger partial charge in [0.15, 0.2) is 0 Å². The summed E-state index contributed by atoms with van der Waals surface area (Å²) in [5.74, 6) is 2.62. The Hall–Kier alpha value is -1.51. The van der Waals surface area contributed by atoms with Crippen molar-refractivity contribution in [3.8, 4) is 0 Å². The molecular weight excluding hydrogens is 332 g/mol. The maximum absolute atomic E-state index is 13.1. The lowest BCUT2D eigenvalue weighted by Crippen LogP contribution is -2.50. The molecule has 0 radical (unpaired) electrons. The second kappa shape index (κ2) is 8.67. The second-order valence-corrected chi connectivity index (χ2v) is 9.16. The van der Waals surface area contributed by atoms with Gasteiger partial charge < -0.3 is 9.80 Å². The Morgan fingerprint density at radius 2 is 1.41 bits per heavy atom. The number of aryl methyl sites for hydroxylation is 1. The number of anilines is 1. The Balaban J connectivity index is 1.28. The van der Waals surface area contributed by atoms with Crippen LogP contribution in [0.4, 0.5) is 5.69 Å². The molecule has 2 atom stereocenters. The fourth-order valence-corrected chi connectivity index (χ4v) is 5.68. The zero-order valence-corrected chi connectivity index (χ0v) is 17.0. The Labute approximate surface area is 165 Å². The van der Waals surface area contributed by atoms with E-state index in [0.717, 1.165) is 50.9 Å². The summed E-state index contributed by atoms with van der Waals surface area (Å²) in [4.78, 5) is 17.7. The first-order valence-electron chi connectivity index (χ1n) is 11.3. The number of hydrogen-bond donors (Lipinski definition) is 0. The molecule has 27 heavy (non-hydrogen) atoms. The second-order valence-electron chi connectivity index (χ2n) is 9.16. The van der Waals surface area contributed by atoms with Gasteiger partial charge in [0.1, 0.15) is 0 Å². The molecular formula is C24H36N2O. The Bertz CT molecular complexity index is 612. The summed E-state index contributed by atoms with van der Waals surface area (Å²) in [5.41, 5.74) is 2.60. The van der Waals surface area contributed by atoms with E-state index in [2.05, 4.69) is 41.0 Å². The summed E-state index contributed by atoms with van der Waals surface area (Å²) in [7, 11) is 0. The number of carbonyl (C=O) groups excluding carboxylic acids is 1. The van der Waals surface area contributed by atoms with Gasteiger partial charge in [0, 0.05) is 37.8 Å². The quantitative estimate of drug-likeness (QED) is 0.699. The number of hydrogen-bond acceptors (Lipinski definition) is 2. The zero-order chi connectivity index (χ0) is 18.6. The van der Waals surface area contributed by atoms with E-state index in [1.807, 2.05) is 0 Å². The minimum Gasteiger partial charge on any atom is -0.368 e. The summed E-state index contributed by atoms with van der Waals surface area (Å²) < 4.78 is 0. The molecule has 2 aliphatic carbocycles. The molecule has 1 saturated heterocycles. The number of carbonyl (C=O) groups is 1. The third-order valence-electron chi connectivity index (χ3n) is 7.42. The maximum atomic E-state index is 13.1. The van der Waals surface area contributed by atoms with Crippen LogP contribution in [0, 0.1) is 24.7 Å². The van der Waals surface area contributed by atoms with Crippen LogP contribution in [-0.2, 0) is 4.79 Å². The molecule has 3 fully saturated rings. The first kappa shape index (κ1) is 18.8. The summed E-state index contributed by atoms with van der Waals surface area (Å²) >= 11 is 0. The number of amides is 1. The van der Waals surface area contributed by atoms with Gasteiger partial charge in [0.05, 0.1) is 0 Å². The average Bonchev–Trinajstić information content (AvgIpc) is 3.13. The van der Waals surface area contributed by atoms with Crippen molar-refractivity contribution in [2.24, 2.45) is 17.8 Å². The van der Waals surface area contributed by atoms with Gasteiger partial charge in [-0.2, -0.15) is 0 Å². The van der Waals surface area contributed by atoms with Crippen molar-refractivity contribution >= 4 is 11.6 Å². The molecule has 3 nitrogen and oxygen atoms in total. The molecule has 0 N–H and O–H groups in total. The lowest BCUT2D eigenvalue weighted by atomic mass is 9.85. The third-order valence-corrected chi connectivity index (χ3v) is 7.42. The highest BCUT2D eigenvalue weighted by atomic mass is 16.2. The van der Waals surface area contributed by atoms with Crippen LogP contribution in [-0.4, -0.2) is 37.0 Å². The van der Waals surface area contributed by atoms with Gasteiger partial charge in [-0.05, 0) is 50.2 Å². The highest BCUT2D eigenvalue weighted by Gasteiger charge is 2.32. The van der Waals surface area contributed by atoms with E-state index in [4.69, 9.17) is 0 Å². The normalized spacial score (nSPS) is 27.6. The van der Waals surface area contributed by atoms with E-state index >= 15 is 0 Å². The van der Waals surface area contributed by atoms with Gasteiger partial charge in [-0.1, -0.05) is 56.2 Å². The van der Waals surface area contributed by atoms with Crippen molar-refractivity contribution in [1.82, 2.24) is 4.90 Å². The van der Waals surface area contributed by atoms with Crippen molar-refractivity contribution in [3.63, 3.8) is 0 Å². The minimum absolute atomic E-state index is 0.294. The summed E-state index contributed by atoms with van der Waals surface area (Å²) in [5, 5.41) is 0. The standard InChI is InChI=1S/C24H36N2O/c1-19-9-13-23(14-10-19)25-15-17-26(18-16-25)24(27)22-8-4-7-21(11-12-22)20-5-2-3-6-20/h9-10,13-14,20-22H,2-8,11-12,15-18H2,1H3. The molecule has 148 valence electrons. The van der Waals surface area contributed by atoms with E-state index in [-0.39, 0.29) is 0 Å². The topological polar surface area (TPSA) is 23.6 Å². The first-order chi connectivity index (χ1) is 13.2. The molecule has 1 aromatic rings. The summed E-state index contributed by atoms with van der Waals surface area (Å²) in [6.45, 7) is 5.83. The number of benzene rings is 1. The van der Waals surface area contributed by atoms with Crippen molar-refractivity contribution < 1.29 is 4.79 Å². The molecule has 0 aromatic heterocycles. The van der Waals surface area contributed by atoms with Crippen molar-refractivity contribution in [2.75, 3.05) is 31.1 Å². The van der Waals surface area contributed by atoms with E-state index in [9.17, 15) is 4.79 Å². The fourth-order valence-electron chi connectivity index (χ4n) is 5.68. The van der Waals surface area contributed by atoms with Crippen LogP contribution in [0.2, 0.25) is 0 Å². The fraction of sp³-hybridized carbons (Fsp3) is 0.708. The van der Waals surface area contributed by atoms with Crippen LogP contribution in [0.25, 0.3) is 0 Å². The smallest absolute Gasteiger partial charge is 0.225 e. The molecule has 1 aromatic carbocycles. The average molecular weight is 369 g/mol. The van der Waals surface area contributed by atoms with Gasteiger partial charge in [-0.25, -0.2) is 0 Å². The first-order valence-corrected chi connectivity index (χ1v) is 11.3. The van der Waals surface area contributed by atoms with Gasteiger partial charge in [-0.3, -0.25) is 4.79 Å². The molecule has 1 aliphatic heterocycles. The van der Waals surface area contributed by atoms with Crippen molar-refractivity contribution in [3.05, 3.63) is 29.8 Å². The largest absolute Gasteiger partial charge is 0.368 e. The molecule has 2 saturated carbocycles. The van der Waals surface area contributed by atoms with Crippen molar-refractivity contribution in [2.45, 2.75) is 64.7 Å². The van der Waals surface area contributed by atoms with Crippen LogP contribution >= 0.6 is 0 Å². The van der Waals surface area contributed by atoms with Crippen LogP contribution in [0.1, 0.15) is 63.4 Å². The minimum atomic E-state index is 0.294. The number of nitrogens with zero attached hydrogens (tertiary/aromatic N) is 2. The van der Waals surface area contributed by atoms with E-state index < -0.39 is 0 Å². The summed E-state index contributed by atoms with van der Waals surface area (Å²) in [6.07, 6.45) is 12.0. The molecule has 4 rings (SSSR count). The van der Waals surface area contributed by atoms with Crippen molar-refractivity contribution in [1.29, 1.82) is 0 Å². The molecule has 0 bridgehead atoms. The Kier molecular flexibility index (Phi) is 6.04. The summed E-state index contributed by atoms with van der Waals surface area (Å²) in [6, 6.07) is 8.78. The lowest BCUT2D eigenvalue weighted by molar-refractivity contribution is -0.136. The highest BCUT2D eigenvalue weighted by molar-refractivity contribution is 5.79. The molecule has 1 amide bonds. The maximum Gasteiger partial charge on any atom is 0.225 e. The molecule has 3 heteroatoms. The van der Waals surface area contributed by atoms with Gasteiger partial charge >= 0.3 is 0 Å². The van der Waals surface area contributed by atoms with Crippen LogP contribution in [0.5, 0.6) is 0 Å². The monoisotopic (exact) mass is 368 g/mol. The van der Waals surface area contributed by atoms with E-state index in [1.54, 1.807) is 0 Å². The predicted molar refractivity (Wildman–Crippen MR) is 112 cm³/mol. The van der Waals surface area contributed by atoms with Gasteiger partial charge in [0.2, 0.25) is 5.91 Å². The van der Waals surface area contributed by atoms with Crippen LogP contribution in [0.3, 0.4) is 0 Å². The SMILES string of the molecule is Cc1ccc(N2CCN(C(=O)C3CCCC(C4CCCC4)CC3)CC2)cc1. The van der Waals surface area contributed by atoms with Crippen LogP contribution < -0.4 is 4.90 Å². The van der Waals surface area contributed by atoms with Crippen LogP contribution in [0.15, 0.2) is 24.3 Å². The lowest BCUT2D eigenvalue weighted by Gasteiger charge is -2.37. The zero-order valence-electron chi connectivity index (χ0n) is 17.0. The van der Waals surface area contributed by atoms with Gasteiger partial charge in [-0.15, -0.1) is 0 Å². The molecule has 2 unspecified atom stereocenters. The van der Waals surface area contributed by atoms with E-state index in [0.29, 0.717) is 11.8 Å². The highest BCUT2D eigenvalue weighted by Crippen LogP contribution is 2.40. The van der Waals surface area contributed by atoms with E-state index in [1.165, 1.54) is 56.2 Å². The number of piperazine rings is 1. The molecule has 0 spiro atoms. The number of rotatable bonds is 3. The Morgan fingerprint density at radius 1 is 0.778 bits per heavy atom. The predicted octanol–water partition coefficient (Wildman–Crippen LogP) is 5.03. The molecule has 3 aliphatic rings. The Morgan fingerprint density at radius 3 is 2.11 bits per heavy atom. The van der Waals surface area contributed by atoms with Gasteiger partial charge in [0.25, 0.3) is 0 Å². The molecule has 1 heterocycles. The third kappa shape index (κ3) is 4.50.